The molecule has 0 aromatic carbocycles. The van der Waals surface area contributed by atoms with Crippen LogP contribution in [0.1, 0.15) is 13.8 Å². The van der Waals surface area contributed by atoms with Crippen LogP contribution in [-0.4, -0.2) is 88.2 Å². The van der Waals surface area contributed by atoms with E-state index in [4.69, 9.17) is 23.7 Å². The molecule has 0 aromatic rings. The predicted molar refractivity (Wildman–Crippen MR) is 94.0 cm³/mol. The molecule has 9 atom stereocenters. The molecule has 2 fully saturated rings. The Labute approximate surface area is 171 Å². The normalized spacial score (nSPS) is 44.5. The number of aliphatic hydroxyl groups excluding tert-OH is 4. The van der Waals surface area contributed by atoms with Crippen molar-refractivity contribution in [3.63, 3.8) is 0 Å². The largest absolute Gasteiger partial charge is 0.471 e. The van der Waals surface area contributed by atoms with Crippen molar-refractivity contribution in [3.8, 4) is 0 Å². The molecule has 0 aromatic heterocycles. The molecule has 3 aliphatic heterocycles. The quantitative estimate of drug-likeness (QED) is 0.286. The van der Waals surface area contributed by atoms with E-state index < -0.39 is 73.0 Å². The lowest BCUT2D eigenvalue weighted by Gasteiger charge is -2.42. The van der Waals surface area contributed by atoms with E-state index >= 15 is 0 Å². The summed E-state index contributed by atoms with van der Waals surface area (Å²) in [5, 5.41) is 39.6. The number of rotatable bonds is 5. The molecule has 0 radical (unpaired) electrons. The van der Waals surface area contributed by atoms with E-state index in [9.17, 15) is 30.0 Å². The lowest BCUT2D eigenvalue weighted by molar-refractivity contribution is -0.340. The first-order valence-electron chi connectivity index (χ1n) is 9.56. The molecular formula is C19H24O11. The number of hydrogen-bond acceptors (Lipinski definition) is 11. The van der Waals surface area contributed by atoms with E-state index in [0.29, 0.717) is 11.1 Å². The number of carbonyl (C=O) groups is 2. The van der Waals surface area contributed by atoms with Gasteiger partial charge in [-0.2, -0.15) is 0 Å². The summed E-state index contributed by atoms with van der Waals surface area (Å²) in [5.41, 5.74) is -0.0697. The summed E-state index contributed by atoms with van der Waals surface area (Å²) in [6.07, 6.45) is -5.50. The number of carbonyl (C=O) groups excluding carboxylic acids is 2. The Hall–Kier alpha value is -2.02. The standard InChI is InChI=1S/C19H24O11/c1-7(21)26-5-8-3-19(2)12-9(16(25)30-19)6-27-17(11(8)12)29-18-15(24)14(23)13(22)10(4-20)28-18/h3,6,10-15,17-18,20,22-24H,4-5H2,1-2H3/t10-,11-,12+,13-,14+,15-,17+,18+,19-/m0/s1. The van der Waals surface area contributed by atoms with Gasteiger partial charge < -0.3 is 44.1 Å². The summed E-state index contributed by atoms with van der Waals surface area (Å²) in [6.45, 7) is 2.31. The van der Waals surface area contributed by atoms with Crippen LogP contribution in [0.4, 0.5) is 0 Å². The third kappa shape index (κ3) is 3.31. The van der Waals surface area contributed by atoms with Gasteiger partial charge >= 0.3 is 11.9 Å². The Morgan fingerprint density at radius 2 is 1.93 bits per heavy atom. The second-order valence-electron chi connectivity index (χ2n) is 7.99. The van der Waals surface area contributed by atoms with E-state index in [-0.39, 0.29) is 6.61 Å². The van der Waals surface area contributed by atoms with Crippen LogP contribution in [0.3, 0.4) is 0 Å². The van der Waals surface area contributed by atoms with Crippen LogP contribution in [0.25, 0.3) is 0 Å². The van der Waals surface area contributed by atoms with Crippen molar-refractivity contribution in [2.24, 2.45) is 11.8 Å². The first-order chi connectivity index (χ1) is 14.2. The maximum Gasteiger partial charge on any atom is 0.338 e. The first-order valence-corrected chi connectivity index (χ1v) is 9.56. The molecular weight excluding hydrogens is 404 g/mol. The lowest BCUT2D eigenvalue weighted by atomic mass is 9.79. The molecule has 0 spiro atoms. The molecule has 30 heavy (non-hydrogen) atoms. The Morgan fingerprint density at radius 1 is 1.20 bits per heavy atom. The second kappa shape index (κ2) is 7.59. The van der Waals surface area contributed by atoms with E-state index in [1.807, 2.05) is 0 Å². The summed E-state index contributed by atoms with van der Waals surface area (Å²) in [6, 6.07) is 0. The lowest BCUT2D eigenvalue weighted by Crippen LogP contribution is -2.60. The highest BCUT2D eigenvalue weighted by molar-refractivity contribution is 5.93. The van der Waals surface area contributed by atoms with Gasteiger partial charge in [0.05, 0.1) is 30.3 Å². The highest BCUT2D eigenvalue weighted by Crippen LogP contribution is 2.54. The Kier molecular flexibility index (Phi) is 5.37. The number of esters is 2. The molecule has 0 unspecified atom stereocenters. The van der Waals surface area contributed by atoms with E-state index in [2.05, 4.69) is 0 Å². The maximum absolute atomic E-state index is 12.2. The minimum Gasteiger partial charge on any atom is -0.471 e. The summed E-state index contributed by atoms with van der Waals surface area (Å²) in [4.78, 5) is 23.5. The Bertz CT molecular complexity index is 789. The number of ether oxygens (including phenoxy) is 5. The maximum atomic E-state index is 12.2. The highest BCUT2D eigenvalue weighted by Gasteiger charge is 2.62. The van der Waals surface area contributed by atoms with Crippen LogP contribution in [0.2, 0.25) is 0 Å². The average molecular weight is 428 g/mol. The molecule has 4 aliphatic rings. The second-order valence-corrected chi connectivity index (χ2v) is 7.99. The van der Waals surface area contributed by atoms with Crippen molar-refractivity contribution in [3.05, 3.63) is 23.5 Å². The molecule has 0 saturated carbocycles. The van der Waals surface area contributed by atoms with Gasteiger partial charge in [-0.15, -0.1) is 0 Å². The SMILES string of the molecule is CC(=O)OCC1=C[C@]2(C)OC(=O)C3=CO[C@H](O[C@H]4O[C@@H](CO)[C@H](O)[C@@H](O)[C@@H]4O)[C@@H]1[C@@H]32. The van der Waals surface area contributed by atoms with Crippen LogP contribution in [0.15, 0.2) is 23.5 Å². The van der Waals surface area contributed by atoms with Gasteiger partial charge in [0.2, 0.25) is 6.29 Å². The summed E-state index contributed by atoms with van der Waals surface area (Å²) in [7, 11) is 0. The molecule has 11 heteroatoms. The van der Waals surface area contributed by atoms with Gasteiger partial charge in [-0.05, 0) is 18.6 Å². The van der Waals surface area contributed by atoms with Crippen LogP contribution in [-0.2, 0) is 33.3 Å². The first kappa shape index (κ1) is 21.2. The molecule has 1 aliphatic carbocycles. The minimum atomic E-state index is -1.62. The summed E-state index contributed by atoms with van der Waals surface area (Å²) in [5.74, 6) is -2.09. The number of hydrogen-bond donors (Lipinski definition) is 4. The molecule has 3 heterocycles. The molecule has 11 nitrogen and oxygen atoms in total. The van der Waals surface area contributed by atoms with Gasteiger partial charge in [-0.25, -0.2) is 4.79 Å². The average Bonchev–Trinajstić information content (AvgIpc) is 3.13. The van der Waals surface area contributed by atoms with E-state index in [1.54, 1.807) is 13.0 Å². The van der Waals surface area contributed by atoms with Gasteiger partial charge in [0.25, 0.3) is 0 Å². The zero-order valence-corrected chi connectivity index (χ0v) is 16.3. The molecule has 0 bridgehead atoms. The molecule has 2 saturated heterocycles. The molecule has 4 rings (SSSR count). The van der Waals surface area contributed by atoms with Gasteiger partial charge in [0.15, 0.2) is 6.29 Å². The zero-order valence-electron chi connectivity index (χ0n) is 16.3. The third-order valence-corrected chi connectivity index (χ3v) is 5.94. The third-order valence-electron chi connectivity index (χ3n) is 5.94. The summed E-state index contributed by atoms with van der Waals surface area (Å²) < 4.78 is 27.4. The van der Waals surface area contributed by atoms with Crippen LogP contribution < -0.4 is 0 Å². The molecule has 4 N–H and O–H groups in total. The van der Waals surface area contributed by atoms with Crippen molar-refractivity contribution in [1.82, 2.24) is 0 Å². The van der Waals surface area contributed by atoms with Gasteiger partial charge in [-0.3, -0.25) is 4.79 Å². The molecule has 166 valence electrons. The fourth-order valence-electron chi connectivity index (χ4n) is 4.54. The topological polar surface area (TPSA) is 161 Å². The van der Waals surface area contributed by atoms with Crippen molar-refractivity contribution in [2.75, 3.05) is 13.2 Å². The Balaban J connectivity index is 1.60. The smallest absolute Gasteiger partial charge is 0.338 e. The fourth-order valence-corrected chi connectivity index (χ4v) is 4.54. The summed E-state index contributed by atoms with van der Waals surface area (Å²) >= 11 is 0. The van der Waals surface area contributed by atoms with Gasteiger partial charge in [0.1, 0.15) is 36.6 Å². The zero-order chi connectivity index (χ0) is 21.8. The van der Waals surface area contributed by atoms with Crippen molar-refractivity contribution < 1.29 is 53.7 Å². The van der Waals surface area contributed by atoms with Crippen LogP contribution >= 0.6 is 0 Å². The minimum absolute atomic E-state index is 0.0746. The van der Waals surface area contributed by atoms with Gasteiger partial charge in [-0.1, -0.05) is 0 Å². The Morgan fingerprint density at radius 3 is 2.60 bits per heavy atom. The van der Waals surface area contributed by atoms with Crippen molar-refractivity contribution in [2.45, 2.75) is 56.4 Å². The van der Waals surface area contributed by atoms with Crippen molar-refractivity contribution >= 4 is 11.9 Å². The predicted octanol–water partition coefficient (Wildman–Crippen LogP) is -1.91. The highest BCUT2D eigenvalue weighted by atomic mass is 16.8. The van der Waals surface area contributed by atoms with Crippen LogP contribution in [0.5, 0.6) is 0 Å². The fraction of sp³-hybridized carbons (Fsp3) is 0.684. The van der Waals surface area contributed by atoms with Crippen molar-refractivity contribution in [1.29, 1.82) is 0 Å². The molecule has 0 amide bonds. The van der Waals surface area contributed by atoms with Crippen LogP contribution in [0, 0.1) is 11.8 Å². The van der Waals surface area contributed by atoms with Gasteiger partial charge in [0, 0.05) is 6.92 Å². The monoisotopic (exact) mass is 428 g/mol. The number of aliphatic hydroxyl groups is 4. The van der Waals surface area contributed by atoms with E-state index in [0.717, 1.165) is 0 Å². The van der Waals surface area contributed by atoms with E-state index in [1.165, 1.54) is 13.2 Å².